The lowest BCUT2D eigenvalue weighted by Crippen LogP contribution is -2.16. The smallest absolute Gasteiger partial charge is 0.357 e. The molecule has 1 aromatic heterocycles. The highest BCUT2D eigenvalue weighted by Crippen LogP contribution is 2.34. The average molecular weight is 409 g/mol. The van der Waals surface area contributed by atoms with Crippen LogP contribution in [0, 0.1) is 5.82 Å². The topological polar surface area (TPSA) is 90.6 Å². The van der Waals surface area contributed by atoms with E-state index in [2.05, 4.69) is 16.5 Å². The first-order valence-corrected chi connectivity index (χ1v) is 8.90. The van der Waals surface area contributed by atoms with Crippen molar-refractivity contribution < 1.29 is 18.7 Å². The summed E-state index contributed by atoms with van der Waals surface area (Å²) in [6.45, 7) is 6.25. The molecule has 0 aliphatic rings. The lowest BCUT2D eigenvalue weighted by atomic mass is 10.1. The molecule has 0 radical (unpaired) electrons. The van der Waals surface area contributed by atoms with E-state index in [-0.39, 0.29) is 52.4 Å². The number of esters is 1. The van der Waals surface area contributed by atoms with Crippen molar-refractivity contribution in [3.63, 3.8) is 0 Å². The standard InChI is InChI=1S/C19H22ClFN4O3/c1-5-11-15(19(26)28-10-9-27-6-2)23-18(24-17(11)22)12-7-8-13(20)16(14(12)21)25(3)4/h5,7-8H,1,6,9-10H2,2-4H3,(H2,22,23,24). The second-order valence-corrected chi connectivity index (χ2v) is 6.29. The Hall–Kier alpha value is -2.71. The van der Waals surface area contributed by atoms with E-state index in [1.165, 1.54) is 23.1 Å². The van der Waals surface area contributed by atoms with Crippen LogP contribution in [0.2, 0.25) is 5.02 Å². The number of anilines is 2. The van der Waals surface area contributed by atoms with Gasteiger partial charge < -0.3 is 20.1 Å². The van der Waals surface area contributed by atoms with Gasteiger partial charge in [-0.25, -0.2) is 19.2 Å². The fraction of sp³-hybridized carbons (Fsp3) is 0.316. The molecule has 2 rings (SSSR count). The van der Waals surface area contributed by atoms with E-state index < -0.39 is 11.8 Å². The first kappa shape index (κ1) is 21.6. The summed E-state index contributed by atoms with van der Waals surface area (Å²) in [5.41, 5.74) is 6.29. The molecule has 0 spiro atoms. The van der Waals surface area contributed by atoms with Crippen molar-refractivity contribution in [1.29, 1.82) is 0 Å². The van der Waals surface area contributed by atoms with Crippen LogP contribution in [0.5, 0.6) is 0 Å². The predicted octanol–water partition coefficient (Wildman–Crippen LogP) is 3.42. The number of rotatable bonds is 8. The molecule has 1 aromatic carbocycles. The fourth-order valence-electron chi connectivity index (χ4n) is 2.49. The molecule has 0 saturated carbocycles. The number of aromatic nitrogens is 2. The molecule has 9 heteroatoms. The second-order valence-electron chi connectivity index (χ2n) is 5.88. The second kappa shape index (κ2) is 9.48. The van der Waals surface area contributed by atoms with E-state index in [4.69, 9.17) is 26.8 Å². The largest absolute Gasteiger partial charge is 0.458 e. The summed E-state index contributed by atoms with van der Waals surface area (Å²) < 4.78 is 25.3. The molecule has 0 bridgehead atoms. The Morgan fingerprint density at radius 3 is 2.68 bits per heavy atom. The Kier molecular flexibility index (Phi) is 7.31. The average Bonchev–Trinajstić information content (AvgIpc) is 2.64. The summed E-state index contributed by atoms with van der Waals surface area (Å²) >= 11 is 6.08. The van der Waals surface area contributed by atoms with E-state index in [9.17, 15) is 4.79 Å². The van der Waals surface area contributed by atoms with Crippen molar-refractivity contribution in [2.24, 2.45) is 0 Å². The molecule has 0 fully saturated rings. The number of ether oxygens (including phenoxy) is 2. The number of nitrogens with zero attached hydrogens (tertiary/aromatic N) is 3. The molecule has 1 heterocycles. The minimum absolute atomic E-state index is 0.0162. The van der Waals surface area contributed by atoms with Gasteiger partial charge >= 0.3 is 5.97 Å². The van der Waals surface area contributed by atoms with Gasteiger partial charge in [0, 0.05) is 26.3 Å². The van der Waals surface area contributed by atoms with Gasteiger partial charge in [-0.1, -0.05) is 24.3 Å². The van der Waals surface area contributed by atoms with E-state index in [1.807, 2.05) is 6.92 Å². The third-order valence-electron chi connectivity index (χ3n) is 3.79. The van der Waals surface area contributed by atoms with Crippen LogP contribution in [0.1, 0.15) is 23.0 Å². The maximum Gasteiger partial charge on any atom is 0.357 e. The van der Waals surface area contributed by atoms with Gasteiger partial charge in [0.25, 0.3) is 0 Å². The molecule has 0 aliphatic carbocycles. The maximum absolute atomic E-state index is 15.0. The molecule has 2 aromatic rings. The van der Waals surface area contributed by atoms with Crippen molar-refractivity contribution in [2.45, 2.75) is 6.92 Å². The Morgan fingerprint density at radius 2 is 2.07 bits per heavy atom. The highest BCUT2D eigenvalue weighted by atomic mass is 35.5. The summed E-state index contributed by atoms with van der Waals surface area (Å²) in [6.07, 6.45) is 1.35. The van der Waals surface area contributed by atoms with Crippen molar-refractivity contribution in [1.82, 2.24) is 9.97 Å². The van der Waals surface area contributed by atoms with Crippen LogP contribution in [0.3, 0.4) is 0 Å². The van der Waals surface area contributed by atoms with E-state index in [0.29, 0.717) is 6.61 Å². The minimum Gasteiger partial charge on any atom is -0.458 e. The van der Waals surface area contributed by atoms with Crippen molar-refractivity contribution in [2.75, 3.05) is 44.5 Å². The SMILES string of the molecule is C=Cc1c(N)nc(-c2ccc(Cl)c(N(C)C)c2F)nc1C(=O)OCCOCC. The lowest BCUT2D eigenvalue weighted by Gasteiger charge is -2.17. The van der Waals surface area contributed by atoms with Gasteiger partial charge in [-0.15, -0.1) is 0 Å². The molecule has 150 valence electrons. The zero-order valence-corrected chi connectivity index (χ0v) is 16.7. The summed E-state index contributed by atoms with van der Waals surface area (Å²) in [5, 5.41) is 0.234. The number of benzene rings is 1. The number of carbonyl (C=O) groups excluding carboxylic acids is 1. The normalized spacial score (nSPS) is 10.6. The molecular weight excluding hydrogens is 387 g/mol. The van der Waals surface area contributed by atoms with Crippen LogP contribution in [-0.4, -0.2) is 49.9 Å². The summed E-state index contributed by atoms with van der Waals surface area (Å²) in [7, 11) is 3.32. The summed E-state index contributed by atoms with van der Waals surface area (Å²) in [5.74, 6) is -1.43. The van der Waals surface area contributed by atoms with Gasteiger partial charge in [0.05, 0.1) is 22.9 Å². The molecule has 2 N–H and O–H groups in total. The van der Waals surface area contributed by atoms with Crippen LogP contribution in [0.4, 0.5) is 15.9 Å². The van der Waals surface area contributed by atoms with E-state index in [0.717, 1.165) is 0 Å². The molecule has 0 amide bonds. The van der Waals surface area contributed by atoms with E-state index >= 15 is 4.39 Å². The van der Waals surface area contributed by atoms with Crippen LogP contribution in [0.25, 0.3) is 17.5 Å². The van der Waals surface area contributed by atoms with Crippen molar-refractivity contribution in [3.05, 3.63) is 40.8 Å². The van der Waals surface area contributed by atoms with Crippen molar-refractivity contribution in [3.8, 4) is 11.4 Å². The molecular formula is C19H22ClFN4O3. The zero-order valence-electron chi connectivity index (χ0n) is 16.0. The number of halogens is 2. The van der Waals surface area contributed by atoms with Crippen LogP contribution in [-0.2, 0) is 9.47 Å². The van der Waals surface area contributed by atoms with E-state index in [1.54, 1.807) is 14.1 Å². The molecule has 0 saturated heterocycles. The van der Waals surface area contributed by atoms with Gasteiger partial charge in [-0.05, 0) is 19.1 Å². The number of hydrogen-bond acceptors (Lipinski definition) is 7. The van der Waals surface area contributed by atoms with Crippen LogP contribution in [0.15, 0.2) is 18.7 Å². The number of nitrogens with two attached hydrogens (primary N) is 1. The Labute approximate surface area is 167 Å². The maximum atomic E-state index is 15.0. The highest BCUT2D eigenvalue weighted by Gasteiger charge is 2.22. The lowest BCUT2D eigenvalue weighted by molar-refractivity contribution is 0.0329. The fourth-order valence-corrected chi connectivity index (χ4v) is 2.81. The van der Waals surface area contributed by atoms with Gasteiger partial charge in [0.2, 0.25) is 0 Å². The molecule has 28 heavy (non-hydrogen) atoms. The van der Waals surface area contributed by atoms with Gasteiger partial charge in [-0.2, -0.15) is 0 Å². The molecule has 0 atom stereocenters. The first-order valence-electron chi connectivity index (χ1n) is 8.52. The number of carbonyl (C=O) groups is 1. The summed E-state index contributed by atoms with van der Waals surface area (Å²) in [6, 6.07) is 2.95. The third kappa shape index (κ3) is 4.58. The van der Waals surface area contributed by atoms with Gasteiger partial charge in [0.1, 0.15) is 12.4 Å². The Morgan fingerprint density at radius 1 is 1.36 bits per heavy atom. The molecule has 7 nitrogen and oxygen atoms in total. The zero-order chi connectivity index (χ0) is 20.8. The van der Waals surface area contributed by atoms with Crippen LogP contribution < -0.4 is 10.6 Å². The first-order chi connectivity index (χ1) is 13.3. The number of nitrogen functional groups attached to an aromatic ring is 1. The summed E-state index contributed by atoms with van der Waals surface area (Å²) in [4.78, 5) is 22.3. The van der Waals surface area contributed by atoms with Crippen molar-refractivity contribution >= 4 is 35.2 Å². The Bertz CT molecular complexity index is 890. The van der Waals surface area contributed by atoms with Gasteiger partial charge in [-0.3, -0.25) is 0 Å². The highest BCUT2D eigenvalue weighted by molar-refractivity contribution is 6.33. The molecule has 0 aliphatic heterocycles. The predicted molar refractivity (Wildman–Crippen MR) is 108 cm³/mol. The monoisotopic (exact) mass is 408 g/mol. The molecule has 0 unspecified atom stereocenters. The quantitative estimate of drug-likeness (QED) is 0.528. The minimum atomic E-state index is -0.729. The third-order valence-corrected chi connectivity index (χ3v) is 4.10. The number of hydrogen-bond donors (Lipinski definition) is 1. The Balaban J connectivity index is 2.51. The van der Waals surface area contributed by atoms with Gasteiger partial charge in [0.15, 0.2) is 17.3 Å². The van der Waals surface area contributed by atoms with Crippen LogP contribution >= 0.6 is 11.6 Å².